The van der Waals surface area contributed by atoms with E-state index in [-0.39, 0.29) is 6.03 Å². The molecule has 0 aromatic rings. The van der Waals surface area contributed by atoms with Gasteiger partial charge in [-0.25, -0.2) is 10.6 Å². The van der Waals surface area contributed by atoms with Crippen LogP contribution >= 0.6 is 0 Å². The summed E-state index contributed by atoms with van der Waals surface area (Å²) in [5, 5.41) is 2.51. The van der Waals surface area contributed by atoms with Crippen LogP contribution in [0.5, 0.6) is 0 Å². The lowest BCUT2D eigenvalue weighted by molar-refractivity contribution is 0.241. The molecule has 0 atom stereocenters. The molecule has 0 bridgehead atoms. The molecule has 48 valence electrons. The van der Waals surface area contributed by atoms with Gasteiger partial charge >= 0.3 is 6.03 Å². The van der Waals surface area contributed by atoms with Crippen molar-refractivity contribution >= 4 is 6.03 Å². The van der Waals surface area contributed by atoms with Crippen molar-refractivity contribution in [1.82, 2.24) is 10.7 Å². The summed E-state index contributed by atoms with van der Waals surface area (Å²) in [7, 11) is 0. The molecule has 4 heteroatoms. The molecule has 4 N–H and O–H groups in total. The molecule has 0 radical (unpaired) electrons. The number of hydrogen-bond donors (Lipinski definition) is 3. The zero-order valence-corrected chi connectivity index (χ0v) is 4.90. The maximum Gasteiger partial charge on any atom is 0.328 e. The second-order valence-corrected chi connectivity index (χ2v) is 1.40. The van der Waals surface area contributed by atoms with Crippen LogP contribution in [-0.4, -0.2) is 12.6 Å². The highest BCUT2D eigenvalue weighted by molar-refractivity contribution is 5.72. The van der Waals surface area contributed by atoms with Gasteiger partial charge in [0.15, 0.2) is 0 Å². The van der Waals surface area contributed by atoms with E-state index >= 15 is 0 Å². The summed E-state index contributed by atoms with van der Waals surface area (Å²) in [5.74, 6) is 4.75. The van der Waals surface area contributed by atoms with Crippen LogP contribution in [0.3, 0.4) is 0 Å². The first kappa shape index (κ1) is 7.23. The van der Waals surface area contributed by atoms with Gasteiger partial charge in [-0.1, -0.05) is 6.92 Å². The Labute approximate surface area is 48.4 Å². The Balaban J connectivity index is 2.99. The van der Waals surface area contributed by atoms with E-state index in [9.17, 15) is 4.79 Å². The Bertz CT molecular complexity index is 73.7. The number of hydrazine groups is 1. The molecule has 0 aliphatic rings. The molecule has 0 aliphatic carbocycles. The number of hydrogen-bond acceptors (Lipinski definition) is 2. The van der Waals surface area contributed by atoms with Crippen molar-refractivity contribution in [3.8, 4) is 0 Å². The fourth-order valence-electron chi connectivity index (χ4n) is 0.290. The van der Waals surface area contributed by atoms with Crippen LogP contribution < -0.4 is 16.6 Å². The highest BCUT2D eigenvalue weighted by Crippen LogP contribution is 1.67. The molecule has 0 heterocycles. The molecule has 0 rings (SSSR count). The average molecular weight is 117 g/mol. The van der Waals surface area contributed by atoms with Gasteiger partial charge in [-0.15, -0.1) is 0 Å². The summed E-state index contributed by atoms with van der Waals surface area (Å²) < 4.78 is 0. The summed E-state index contributed by atoms with van der Waals surface area (Å²) in [5.41, 5.74) is 1.95. The first-order valence-corrected chi connectivity index (χ1v) is 2.55. The number of urea groups is 1. The minimum absolute atomic E-state index is 0.327. The summed E-state index contributed by atoms with van der Waals surface area (Å²) >= 11 is 0. The van der Waals surface area contributed by atoms with Crippen molar-refractivity contribution in [1.29, 1.82) is 0 Å². The molecule has 0 saturated carbocycles. The van der Waals surface area contributed by atoms with Crippen LogP contribution in [0.1, 0.15) is 13.3 Å². The molecule has 0 spiro atoms. The number of nitrogens with two attached hydrogens (primary N) is 1. The summed E-state index contributed by atoms with van der Waals surface area (Å²) in [6.07, 6.45) is 0.924. The second-order valence-electron chi connectivity index (χ2n) is 1.40. The molecular weight excluding hydrogens is 106 g/mol. The second kappa shape index (κ2) is 4.39. The lowest BCUT2D eigenvalue weighted by atomic mass is 10.5. The highest BCUT2D eigenvalue weighted by atomic mass is 16.2. The average Bonchev–Trinajstić information content (AvgIpc) is 1.83. The third-order valence-electron chi connectivity index (χ3n) is 0.667. The van der Waals surface area contributed by atoms with Gasteiger partial charge in [-0.05, 0) is 6.42 Å². The lowest BCUT2D eigenvalue weighted by Gasteiger charge is -1.98. The third-order valence-corrected chi connectivity index (χ3v) is 0.667. The van der Waals surface area contributed by atoms with Gasteiger partial charge in [0.1, 0.15) is 0 Å². The maximum atomic E-state index is 10.2. The largest absolute Gasteiger partial charge is 0.337 e. The minimum Gasteiger partial charge on any atom is -0.337 e. The van der Waals surface area contributed by atoms with E-state index in [1.165, 1.54) is 0 Å². The smallest absolute Gasteiger partial charge is 0.328 e. The lowest BCUT2D eigenvalue weighted by Crippen LogP contribution is -2.40. The van der Waals surface area contributed by atoms with Crippen molar-refractivity contribution in [2.45, 2.75) is 13.3 Å². The van der Waals surface area contributed by atoms with Crippen LogP contribution in [-0.2, 0) is 0 Å². The van der Waals surface area contributed by atoms with Crippen molar-refractivity contribution in [3.63, 3.8) is 0 Å². The molecule has 0 fully saturated rings. The quantitative estimate of drug-likeness (QED) is 0.261. The zero-order valence-electron chi connectivity index (χ0n) is 4.90. The van der Waals surface area contributed by atoms with Crippen molar-refractivity contribution < 1.29 is 4.79 Å². The van der Waals surface area contributed by atoms with Crippen LogP contribution in [0.25, 0.3) is 0 Å². The molecule has 0 aromatic carbocycles. The summed E-state index contributed by atoms with van der Waals surface area (Å²) in [4.78, 5) is 10.2. The maximum absolute atomic E-state index is 10.2. The highest BCUT2D eigenvalue weighted by Gasteiger charge is 1.89. The number of nitrogens with one attached hydrogen (secondary N) is 2. The van der Waals surface area contributed by atoms with E-state index in [1.54, 1.807) is 0 Å². The standard InChI is InChI=1S/C4H11N3O/c1-2-3-6-4(8)7-5/h2-3,5H2,1H3,(H2,6,7,8). The number of rotatable bonds is 2. The predicted octanol–water partition coefficient (Wildman–Crippen LogP) is -0.431. The van der Waals surface area contributed by atoms with Gasteiger partial charge in [-0.2, -0.15) is 0 Å². The predicted molar refractivity (Wildman–Crippen MR) is 31.0 cm³/mol. The van der Waals surface area contributed by atoms with E-state index in [0.717, 1.165) is 6.42 Å². The molecule has 0 aromatic heterocycles. The molecule has 0 aliphatic heterocycles. The van der Waals surface area contributed by atoms with Crippen LogP contribution in [0, 0.1) is 0 Å². The minimum atomic E-state index is -0.327. The van der Waals surface area contributed by atoms with E-state index in [1.807, 2.05) is 12.3 Å². The topological polar surface area (TPSA) is 67.2 Å². The van der Waals surface area contributed by atoms with Gasteiger partial charge in [0.05, 0.1) is 0 Å². The molecule has 0 unspecified atom stereocenters. The van der Waals surface area contributed by atoms with E-state index < -0.39 is 0 Å². The molecule has 0 saturated heterocycles. The van der Waals surface area contributed by atoms with Gasteiger partial charge in [0.2, 0.25) is 0 Å². The first-order valence-electron chi connectivity index (χ1n) is 2.55. The van der Waals surface area contributed by atoms with E-state index in [0.29, 0.717) is 6.54 Å². The monoisotopic (exact) mass is 117 g/mol. The van der Waals surface area contributed by atoms with Crippen LogP contribution in [0.4, 0.5) is 4.79 Å². The molecular formula is C4H11N3O. The van der Waals surface area contributed by atoms with E-state index in [4.69, 9.17) is 5.84 Å². The normalized spacial score (nSPS) is 8.25. The van der Waals surface area contributed by atoms with Crippen molar-refractivity contribution in [2.24, 2.45) is 5.84 Å². The fourth-order valence-corrected chi connectivity index (χ4v) is 0.290. The van der Waals surface area contributed by atoms with Gasteiger partial charge in [0.25, 0.3) is 0 Å². The Morgan fingerprint density at radius 2 is 2.38 bits per heavy atom. The van der Waals surface area contributed by atoms with E-state index in [2.05, 4.69) is 5.32 Å². The van der Waals surface area contributed by atoms with Gasteiger partial charge < -0.3 is 5.32 Å². The molecule has 2 amide bonds. The number of amides is 2. The van der Waals surface area contributed by atoms with Crippen LogP contribution in [0.2, 0.25) is 0 Å². The van der Waals surface area contributed by atoms with Gasteiger partial charge in [0, 0.05) is 6.54 Å². The van der Waals surface area contributed by atoms with Crippen molar-refractivity contribution in [3.05, 3.63) is 0 Å². The van der Waals surface area contributed by atoms with Crippen molar-refractivity contribution in [2.75, 3.05) is 6.54 Å². The number of carbonyl (C=O) groups excluding carboxylic acids is 1. The Kier molecular flexibility index (Phi) is 3.97. The molecule has 4 nitrogen and oxygen atoms in total. The molecule has 8 heavy (non-hydrogen) atoms. The van der Waals surface area contributed by atoms with Gasteiger partial charge in [-0.3, -0.25) is 5.43 Å². The third kappa shape index (κ3) is 3.42. The zero-order chi connectivity index (χ0) is 6.41. The Hall–Kier alpha value is -0.770. The summed E-state index contributed by atoms with van der Waals surface area (Å²) in [6.45, 7) is 2.64. The number of carbonyl (C=O) groups is 1. The first-order chi connectivity index (χ1) is 3.81. The Morgan fingerprint density at radius 3 is 2.75 bits per heavy atom. The fraction of sp³-hybridized carbons (Fsp3) is 0.750. The SMILES string of the molecule is CCCNC(=O)NN. The van der Waals surface area contributed by atoms with Crippen LogP contribution in [0.15, 0.2) is 0 Å². The Morgan fingerprint density at radius 1 is 1.75 bits per heavy atom. The summed E-state index contributed by atoms with van der Waals surface area (Å²) in [6, 6.07) is -0.327.